The first-order valence-corrected chi connectivity index (χ1v) is 4.96. The molecule has 0 amide bonds. The second-order valence-corrected chi connectivity index (χ2v) is 3.87. The van der Waals surface area contributed by atoms with Gasteiger partial charge in [0.2, 0.25) is 0 Å². The Morgan fingerprint density at radius 2 is 1.93 bits per heavy atom. The van der Waals surface area contributed by atoms with E-state index in [1.165, 1.54) is 5.56 Å². The molecule has 0 aromatic carbocycles. The van der Waals surface area contributed by atoms with E-state index in [0.29, 0.717) is 6.04 Å². The van der Waals surface area contributed by atoms with Crippen LogP contribution in [0.3, 0.4) is 0 Å². The van der Waals surface area contributed by atoms with Gasteiger partial charge < -0.3 is 5.73 Å². The normalized spacial score (nSPS) is 15.5. The Labute approximate surface area is 85.9 Å². The van der Waals surface area contributed by atoms with Crippen molar-refractivity contribution < 1.29 is 0 Å². The monoisotopic (exact) mass is 193 g/mol. The Bertz CT molecular complexity index is 258. The van der Waals surface area contributed by atoms with Crippen LogP contribution in [0.5, 0.6) is 0 Å². The largest absolute Gasteiger partial charge is 0.327 e. The molecule has 1 heterocycles. The van der Waals surface area contributed by atoms with Crippen molar-refractivity contribution in [3.05, 3.63) is 30.1 Å². The van der Waals surface area contributed by atoms with Gasteiger partial charge in [0.05, 0.1) is 0 Å². The highest BCUT2D eigenvalue weighted by molar-refractivity contribution is 5.09. The molecule has 0 spiro atoms. The molecule has 1 rings (SSSR count). The van der Waals surface area contributed by atoms with E-state index in [2.05, 4.69) is 23.9 Å². The summed E-state index contributed by atoms with van der Waals surface area (Å²) in [5, 5.41) is 0. The third-order valence-electron chi connectivity index (χ3n) is 2.64. The molecule has 0 radical (unpaired) electrons. The summed E-state index contributed by atoms with van der Waals surface area (Å²) in [6, 6.07) is 4.65. The molecular weight excluding hydrogens is 174 g/mol. The van der Waals surface area contributed by atoms with Gasteiger partial charge in [0, 0.05) is 31.0 Å². The first-order valence-electron chi connectivity index (χ1n) is 4.96. The van der Waals surface area contributed by atoms with Gasteiger partial charge in [-0.05, 0) is 38.6 Å². The fourth-order valence-electron chi connectivity index (χ4n) is 1.32. The minimum atomic E-state index is 0.196. The summed E-state index contributed by atoms with van der Waals surface area (Å²) in [6.45, 7) is 5.10. The lowest BCUT2D eigenvalue weighted by molar-refractivity contribution is 0.224. The summed E-state index contributed by atoms with van der Waals surface area (Å²) >= 11 is 0. The first kappa shape index (κ1) is 11.1. The molecule has 1 aromatic heterocycles. The number of hydrogen-bond acceptors (Lipinski definition) is 3. The zero-order valence-corrected chi connectivity index (χ0v) is 9.14. The lowest BCUT2D eigenvalue weighted by atomic mass is 10.1. The van der Waals surface area contributed by atoms with Crippen LogP contribution < -0.4 is 5.73 Å². The van der Waals surface area contributed by atoms with Gasteiger partial charge in [-0.25, -0.2) is 0 Å². The van der Waals surface area contributed by atoms with Gasteiger partial charge in [-0.1, -0.05) is 0 Å². The third kappa shape index (κ3) is 3.09. The maximum absolute atomic E-state index is 5.84. The second-order valence-electron chi connectivity index (χ2n) is 3.87. The molecule has 0 aliphatic rings. The van der Waals surface area contributed by atoms with Crippen LogP contribution >= 0.6 is 0 Å². The Balaban J connectivity index is 2.53. The molecule has 0 bridgehead atoms. The quantitative estimate of drug-likeness (QED) is 0.782. The molecule has 14 heavy (non-hydrogen) atoms. The summed E-state index contributed by atoms with van der Waals surface area (Å²) < 4.78 is 0. The van der Waals surface area contributed by atoms with Crippen LogP contribution in [-0.4, -0.2) is 29.0 Å². The van der Waals surface area contributed by atoms with Crippen molar-refractivity contribution in [2.45, 2.75) is 32.5 Å². The van der Waals surface area contributed by atoms with Crippen LogP contribution in [0.2, 0.25) is 0 Å². The van der Waals surface area contributed by atoms with E-state index >= 15 is 0 Å². The summed E-state index contributed by atoms with van der Waals surface area (Å²) in [5.41, 5.74) is 7.11. The molecule has 0 saturated carbocycles. The van der Waals surface area contributed by atoms with Gasteiger partial charge in [0.15, 0.2) is 0 Å². The summed E-state index contributed by atoms with van der Waals surface area (Å²) in [4.78, 5) is 6.24. The van der Waals surface area contributed by atoms with Crippen LogP contribution in [0.4, 0.5) is 0 Å². The fraction of sp³-hybridized carbons (Fsp3) is 0.545. The van der Waals surface area contributed by atoms with Crippen molar-refractivity contribution in [3.8, 4) is 0 Å². The van der Waals surface area contributed by atoms with Crippen molar-refractivity contribution in [1.29, 1.82) is 0 Å². The highest BCUT2D eigenvalue weighted by Gasteiger charge is 2.12. The Morgan fingerprint density at radius 3 is 2.43 bits per heavy atom. The van der Waals surface area contributed by atoms with Crippen molar-refractivity contribution in [1.82, 2.24) is 9.88 Å². The average molecular weight is 193 g/mol. The Kier molecular flexibility index (Phi) is 4.04. The lowest BCUT2D eigenvalue weighted by Gasteiger charge is -2.27. The maximum atomic E-state index is 5.84. The summed E-state index contributed by atoms with van der Waals surface area (Å²) in [6.07, 6.45) is 3.64. The smallest absolute Gasteiger partial charge is 0.0271 e. The zero-order chi connectivity index (χ0) is 10.6. The molecule has 2 N–H and O–H groups in total. The number of rotatable bonds is 4. The Morgan fingerprint density at radius 1 is 1.36 bits per heavy atom. The summed E-state index contributed by atoms with van der Waals surface area (Å²) in [5.74, 6) is 0. The molecule has 0 fully saturated rings. The van der Waals surface area contributed by atoms with Gasteiger partial charge in [0.1, 0.15) is 0 Å². The van der Waals surface area contributed by atoms with E-state index in [9.17, 15) is 0 Å². The van der Waals surface area contributed by atoms with Gasteiger partial charge in [-0.15, -0.1) is 0 Å². The van der Waals surface area contributed by atoms with Crippen molar-refractivity contribution >= 4 is 0 Å². The molecule has 0 aliphatic heterocycles. The van der Waals surface area contributed by atoms with Crippen molar-refractivity contribution in [2.75, 3.05) is 7.05 Å². The van der Waals surface area contributed by atoms with Gasteiger partial charge in [0.25, 0.3) is 0 Å². The van der Waals surface area contributed by atoms with E-state index in [4.69, 9.17) is 5.73 Å². The maximum Gasteiger partial charge on any atom is 0.0271 e. The molecule has 2 unspecified atom stereocenters. The van der Waals surface area contributed by atoms with E-state index in [1.807, 2.05) is 31.5 Å². The third-order valence-corrected chi connectivity index (χ3v) is 2.64. The minimum Gasteiger partial charge on any atom is -0.327 e. The van der Waals surface area contributed by atoms with E-state index in [-0.39, 0.29) is 6.04 Å². The fourth-order valence-corrected chi connectivity index (χ4v) is 1.32. The molecule has 3 nitrogen and oxygen atoms in total. The highest BCUT2D eigenvalue weighted by atomic mass is 15.1. The van der Waals surface area contributed by atoms with Crippen LogP contribution in [0.15, 0.2) is 24.5 Å². The Hall–Kier alpha value is -0.930. The second kappa shape index (κ2) is 5.08. The van der Waals surface area contributed by atoms with Crippen molar-refractivity contribution in [2.24, 2.45) is 5.73 Å². The molecule has 1 aromatic rings. The average Bonchev–Trinajstić information content (AvgIpc) is 2.18. The number of nitrogens with two attached hydrogens (primary N) is 1. The van der Waals surface area contributed by atoms with Gasteiger partial charge in [-0.2, -0.15) is 0 Å². The molecule has 0 aliphatic carbocycles. The predicted octanol–water partition coefficient (Wildman–Crippen LogP) is 1.25. The van der Waals surface area contributed by atoms with Gasteiger partial charge in [-0.3, -0.25) is 9.88 Å². The molecule has 3 heteroatoms. The topological polar surface area (TPSA) is 42.1 Å². The standard InChI is InChI=1S/C11H19N3/c1-9(12)10(2)14(3)8-11-4-6-13-7-5-11/h4-7,9-10H,8,12H2,1-3H3. The van der Waals surface area contributed by atoms with Crippen LogP contribution in [0.1, 0.15) is 19.4 Å². The van der Waals surface area contributed by atoms with E-state index in [1.54, 1.807) is 0 Å². The zero-order valence-electron chi connectivity index (χ0n) is 9.14. The van der Waals surface area contributed by atoms with Crippen LogP contribution in [0.25, 0.3) is 0 Å². The molecule has 78 valence electrons. The number of nitrogens with zero attached hydrogens (tertiary/aromatic N) is 2. The van der Waals surface area contributed by atoms with E-state index < -0.39 is 0 Å². The molecule has 0 saturated heterocycles. The van der Waals surface area contributed by atoms with Crippen LogP contribution in [-0.2, 0) is 6.54 Å². The highest BCUT2D eigenvalue weighted by Crippen LogP contribution is 2.06. The number of pyridine rings is 1. The molecule has 2 atom stereocenters. The number of hydrogen-bond donors (Lipinski definition) is 1. The SMILES string of the molecule is CC(N)C(C)N(C)Cc1ccncc1. The van der Waals surface area contributed by atoms with Crippen molar-refractivity contribution in [3.63, 3.8) is 0 Å². The number of aromatic nitrogens is 1. The predicted molar refractivity (Wildman–Crippen MR) is 58.8 cm³/mol. The number of likely N-dealkylation sites (N-methyl/N-ethyl adjacent to an activating group) is 1. The van der Waals surface area contributed by atoms with E-state index in [0.717, 1.165) is 6.54 Å². The van der Waals surface area contributed by atoms with Crippen LogP contribution in [0, 0.1) is 0 Å². The van der Waals surface area contributed by atoms with Gasteiger partial charge >= 0.3 is 0 Å². The minimum absolute atomic E-state index is 0.196. The first-order chi connectivity index (χ1) is 6.61. The lowest BCUT2D eigenvalue weighted by Crippen LogP contribution is -2.41. The summed E-state index contributed by atoms with van der Waals surface area (Å²) in [7, 11) is 2.09. The molecular formula is C11H19N3.